The minimum atomic E-state index is -0.268. The number of amides is 1. The molecule has 0 saturated carbocycles. The van der Waals surface area contributed by atoms with Crippen molar-refractivity contribution in [1.82, 2.24) is 10.3 Å². The molecule has 1 aromatic rings. The number of carbonyl (C=O) groups excluding carboxylic acids is 1. The maximum atomic E-state index is 11.9. The highest BCUT2D eigenvalue weighted by Gasteiger charge is 2.29. The molecule has 0 saturated heterocycles. The quantitative estimate of drug-likeness (QED) is 0.495. The zero-order valence-corrected chi connectivity index (χ0v) is 12.6. The minimum absolute atomic E-state index is 0.0990. The van der Waals surface area contributed by atoms with Crippen molar-refractivity contribution in [2.75, 3.05) is 7.05 Å². The Morgan fingerprint density at radius 1 is 1.26 bits per heavy atom. The molecule has 2 unspecified atom stereocenters. The number of hydrogen-bond acceptors (Lipinski definition) is 3. The van der Waals surface area contributed by atoms with Crippen molar-refractivity contribution in [3.8, 4) is 0 Å². The van der Waals surface area contributed by atoms with E-state index in [1.807, 2.05) is 50.1 Å². The smallest absolute Gasteiger partial charge is 0.251 e. The predicted molar refractivity (Wildman–Crippen MR) is 78.6 cm³/mol. The van der Waals surface area contributed by atoms with Crippen LogP contribution in [0.3, 0.4) is 0 Å². The Morgan fingerprint density at radius 2 is 1.79 bits per heavy atom. The van der Waals surface area contributed by atoms with Crippen molar-refractivity contribution < 1.29 is 4.79 Å². The molecule has 0 aliphatic heterocycles. The standard InChI is InChI=1S/C14H22ClN3O/c1-9(2)13(14(19)17-16)18(4)10(3)11-5-7-12(15)8-6-11/h5-10,13H,16H2,1-4H3,(H,17,19). The number of nitrogens with one attached hydrogen (secondary N) is 1. The van der Waals surface area contributed by atoms with Crippen LogP contribution < -0.4 is 11.3 Å². The molecule has 19 heavy (non-hydrogen) atoms. The lowest BCUT2D eigenvalue weighted by Crippen LogP contribution is -2.51. The summed E-state index contributed by atoms with van der Waals surface area (Å²) < 4.78 is 0. The highest BCUT2D eigenvalue weighted by molar-refractivity contribution is 6.30. The van der Waals surface area contributed by atoms with Gasteiger partial charge in [-0.2, -0.15) is 0 Å². The van der Waals surface area contributed by atoms with Crippen molar-refractivity contribution in [3.05, 3.63) is 34.9 Å². The molecule has 0 fully saturated rings. The number of hydrazine groups is 1. The molecule has 0 aliphatic rings. The fraction of sp³-hybridized carbons (Fsp3) is 0.500. The van der Waals surface area contributed by atoms with Crippen LogP contribution in [0.1, 0.15) is 32.4 Å². The van der Waals surface area contributed by atoms with Gasteiger partial charge in [0.1, 0.15) is 0 Å². The second-order valence-corrected chi connectivity index (χ2v) is 5.53. The maximum absolute atomic E-state index is 11.9. The third-order valence-corrected chi connectivity index (χ3v) is 3.70. The van der Waals surface area contributed by atoms with Gasteiger partial charge in [-0.1, -0.05) is 37.6 Å². The van der Waals surface area contributed by atoms with Crippen molar-refractivity contribution in [2.24, 2.45) is 11.8 Å². The largest absolute Gasteiger partial charge is 0.293 e. The van der Waals surface area contributed by atoms with Crippen LogP contribution in [0.2, 0.25) is 5.02 Å². The van der Waals surface area contributed by atoms with E-state index in [1.54, 1.807) is 0 Å². The Hall–Kier alpha value is -1.10. The Balaban J connectivity index is 2.92. The molecular formula is C14H22ClN3O. The fourth-order valence-electron chi connectivity index (χ4n) is 2.26. The van der Waals surface area contributed by atoms with Gasteiger partial charge in [0.2, 0.25) is 0 Å². The number of likely N-dealkylation sites (N-methyl/N-ethyl adjacent to an activating group) is 1. The van der Waals surface area contributed by atoms with E-state index in [9.17, 15) is 4.79 Å². The van der Waals surface area contributed by atoms with Crippen molar-refractivity contribution in [2.45, 2.75) is 32.9 Å². The molecule has 1 amide bonds. The SMILES string of the molecule is CC(C)C(C(=O)NN)N(C)C(C)c1ccc(Cl)cc1. The summed E-state index contributed by atoms with van der Waals surface area (Å²) in [5, 5.41) is 0.707. The lowest BCUT2D eigenvalue weighted by molar-refractivity contribution is -0.128. The molecule has 0 aromatic heterocycles. The highest BCUT2D eigenvalue weighted by Crippen LogP contribution is 2.25. The van der Waals surface area contributed by atoms with Gasteiger partial charge in [0.25, 0.3) is 5.91 Å². The summed E-state index contributed by atoms with van der Waals surface area (Å²) in [4.78, 5) is 13.9. The van der Waals surface area contributed by atoms with Crippen LogP contribution in [-0.4, -0.2) is 23.9 Å². The van der Waals surface area contributed by atoms with Crippen LogP contribution in [-0.2, 0) is 4.79 Å². The van der Waals surface area contributed by atoms with Crippen LogP contribution in [0.5, 0.6) is 0 Å². The zero-order valence-electron chi connectivity index (χ0n) is 11.9. The molecule has 106 valence electrons. The van der Waals surface area contributed by atoms with E-state index < -0.39 is 0 Å². The zero-order chi connectivity index (χ0) is 14.6. The molecule has 0 aliphatic carbocycles. The lowest BCUT2D eigenvalue weighted by atomic mass is 9.98. The van der Waals surface area contributed by atoms with Crippen LogP contribution in [0, 0.1) is 5.92 Å². The average Bonchev–Trinajstić information content (AvgIpc) is 2.38. The first kappa shape index (κ1) is 16.0. The molecule has 0 bridgehead atoms. The summed E-state index contributed by atoms with van der Waals surface area (Å²) in [5.74, 6) is 5.27. The summed E-state index contributed by atoms with van der Waals surface area (Å²) in [6.45, 7) is 6.07. The van der Waals surface area contributed by atoms with Crippen LogP contribution in [0.25, 0.3) is 0 Å². The number of halogens is 1. The maximum Gasteiger partial charge on any atom is 0.251 e. The van der Waals surface area contributed by atoms with Crippen molar-refractivity contribution >= 4 is 17.5 Å². The molecule has 1 rings (SSSR count). The Kier molecular flexibility index (Phi) is 5.79. The summed E-state index contributed by atoms with van der Waals surface area (Å²) in [6.07, 6.45) is 0. The molecule has 0 heterocycles. The molecule has 0 radical (unpaired) electrons. The highest BCUT2D eigenvalue weighted by atomic mass is 35.5. The van der Waals surface area contributed by atoms with Crippen molar-refractivity contribution in [3.63, 3.8) is 0 Å². The molecule has 1 aromatic carbocycles. The molecule has 0 spiro atoms. The van der Waals surface area contributed by atoms with Gasteiger partial charge in [-0.15, -0.1) is 0 Å². The topological polar surface area (TPSA) is 58.4 Å². The fourth-order valence-corrected chi connectivity index (χ4v) is 2.39. The first-order valence-electron chi connectivity index (χ1n) is 6.36. The monoisotopic (exact) mass is 283 g/mol. The number of benzene rings is 1. The molecule has 2 atom stereocenters. The van der Waals surface area contributed by atoms with E-state index in [0.29, 0.717) is 5.02 Å². The first-order chi connectivity index (χ1) is 8.88. The van der Waals surface area contributed by atoms with Gasteiger partial charge in [0, 0.05) is 11.1 Å². The van der Waals surface area contributed by atoms with E-state index in [4.69, 9.17) is 17.4 Å². The van der Waals surface area contributed by atoms with Gasteiger partial charge in [0.15, 0.2) is 0 Å². The number of carbonyl (C=O) groups is 1. The third-order valence-electron chi connectivity index (χ3n) is 3.44. The van der Waals surface area contributed by atoms with Gasteiger partial charge in [-0.3, -0.25) is 15.1 Å². The Morgan fingerprint density at radius 3 is 2.21 bits per heavy atom. The van der Waals surface area contributed by atoms with E-state index in [2.05, 4.69) is 12.3 Å². The van der Waals surface area contributed by atoms with Gasteiger partial charge >= 0.3 is 0 Å². The average molecular weight is 284 g/mol. The second-order valence-electron chi connectivity index (χ2n) is 5.09. The third kappa shape index (κ3) is 3.93. The number of nitrogens with zero attached hydrogens (tertiary/aromatic N) is 1. The predicted octanol–water partition coefficient (Wildman–Crippen LogP) is 2.35. The Labute approximate surface area is 119 Å². The normalized spacial score (nSPS) is 14.5. The first-order valence-corrected chi connectivity index (χ1v) is 6.74. The van der Waals surface area contributed by atoms with E-state index in [1.165, 1.54) is 0 Å². The number of nitrogens with two attached hydrogens (primary N) is 1. The summed E-state index contributed by atoms with van der Waals surface area (Å²) in [7, 11) is 1.93. The molecule has 4 nitrogen and oxygen atoms in total. The summed E-state index contributed by atoms with van der Waals surface area (Å²) in [5.41, 5.74) is 3.35. The van der Waals surface area contributed by atoms with E-state index in [0.717, 1.165) is 5.56 Å². The van der Waals surface area contributed by atoms with Gasteiger partial charge in [-0.05, 0) is 37.6 Å². The van der Waals surface area contributed by atoms with Crippen molar-refractivity contribution in [1.29, 1.82) is 0 Å². The number of hydrogen-bond donors (Lipinski definition) is 2. The van der Waals surface area contributed by atoms with Crippen LogP contribution in [0.4, 0.5) is 0 Å². The van der Waals surface area contributed by atoms with Gasteiger partial charge in [-0.25, -0.2) is 5.84 Å². The summed E-state index contributed by atoms with van der Waals surface area (Å²) >= 11 is 5.89. The lowest BCUT2D eigenvalue weighted by Gasteiger charge is -2.34. The van der Waals surface area contributed by atoms with Crippen LogP contribution >= 0.6 is 11.6 Å². The molecule has 3 N–H and O–H groups in total. The van der Waals surface area contributed by atoms with Crippen LogP contribution in [0.15, 0.2) is 24.3 Å². The molecule has 5 heteroatoms. The van der Waals surface area contributed by atoms with Gasteiger partial charge < -0.3 is 0 Å². The summed E-state index contributed by atoms with van der Waals surface area (Å²) in [6, 6.07) is 7.49. The van der Waals surface area contributed by atoms with E-state index >= 15 is 0 Å². The number of rotatable bonds is 5. The Bertz CT molecular complexity index is 419. The minimum Gasteiger partial charge on any atom is -0.293 e. The molecular weight excluding hydrogens is 262 g/mol. The van der Waals surface area contributed by atoms with Gasteiger partial charge in [0.05, 0.1) is 6.04 Å². The second kappa shape index (κ2) is 6.89. The van der Waals surface area contributed by atoms with E-state index in [-0.39, 0.29) is 23.9 Å².